The van der Waals surface area contributed by atoms with E-state index in [-0.39, 0.29) is 41.7 Å². The van der Waals surface area contributed by atoms with E-state index in [4.69, 9.17) is 48.3 Å². The number of methoxy groups -OCH3 is 2. The average molecular weight is 1270 g/mol. The van der Waals surface area contributed by atoms with Crippen molar-refractivity contribution < 1.29 is 52.1 Å². The third-order valence-electron chi connectivity index (χ3n) is 18.2. The Bertz CT molecular complexity index is 3420. The van der Waals surface area contributed by atoms with E-state index in [0.29, 0.717) is 72.0 Å². The summed E-state index contributed by atoms with van der Waals surface area (Å²) in [5.41, 5.74) is 7.75. The van der Waals surface area contributed by atoms with E-state index in [1.165, 1.54) is 33.7 Å². The first-order chi connectivity index (χ1) is 44.2. The van der Waals surface area contributed by atoms with Crippen LogP contribution in [0.25, 0.3) is 43.4 Å². The number of aromatic nitrogens is 5. The van der Waals surface area contributed by atoms with E-state index in [9.17, 15) is 14.4 Å². The van der Waals surface area contributed by atoms with E-state index in [1.54, 1.807) is 36.7 Å². The number of nitrogens with one attached hydrogen (secondary N) is 1. The fourth-order valence-electron chi connectivity index (χ4n) is 12.6. The Morgan fingerprint density at radius 2 is 1.64 bits per heavy atom. The lowest BCUT2D eigenvalue weighted by Crippen LogP contribution is -2.52. The van der Waals surface area contributed by atoms with Crippen LogP contribution in [0.4, 0.5) is 10.2 Å². The lowest BCUT2D eigenvalue weighted by Gasteiger charge is -2.35. The number of aliphatic hydroxyl groups is 1. The molecule has 3 aromatic carbocycles. The van der Waals surface area contributed by atoms with Crippen molar-refractivity contribution in [1.82, 2.24) is 45.1 Å². The van der Waals surface area contributed by atoms with Gasteiger partial charge in [-0.2, -0.15) is 9.97 Å². The zero-order chi connectivity index (χ0) is 65.0. The van der Waals surface area contributed by atoms with Crippen molar-refractivity contribution in [2.24, 2.45) is 5.92 Å². The molecular weight excluding hydrogens is 1180 g/mol. The summed E-state index contributed by atoms with van der Waals surface area (Å²) >= 11 is 1.70. The van der Waals surface area contributed by atoms with Gasteiger partial charge in [0.15, 0.2) is 12.6 Å². The molecule has 0 bridgehead atoms. The molecule has 5 saturated heterocycles. The summed E-state index contributed by atoms with van der Waals surface area (Å²) in [6.07, 6.45) is 15.6. The molecule has 5 fully saturated rings. The molecule has 1 unspecified atom stereocenters. The number of hydrogen-bond donors (Lipinski definition) is 2. The molecule has 0 spiro atoms. The van der Waals surface area contributed by atoms with Crippen LogP contribution in [0.1, 0.15) is 133 Å². The number of pyridine rings is 1. The van der Waals surface area contributed by atoms with E-state index >= 15 is 4.39 Å². The monoisotopic (exact) mass is 1270 g/mol. The predicted molar refractivity (Wildman–Crippen MR) is 353 cm³/mol. The van der Waals surface area contributed by atoms with Crippen LogP contribution < -0.4 is 24.4 Å². The molecule has 5 aliphatic rings. The van der Waals surface area contributed by atoms with Crippen molar-refractivity contribution in [2.45, 2.75) is 148 Å². The number of aryl methyl sites for hydroxylation is 2. The molecule has 4 aromatic heterocycles. The summed E-state index contributed by atoms with van der Waals surface area (Å²) in [4.78, 5) is 58.8. The molecule has 0 radical (unpaired) electrons. The molecule has 0 aliphatic carbocycles. The number of likely N-dealkylation sites (tertiary alicyclic amines) is 2. The third-order valence-corrected chi connectivity index (χ3v) is 19.2. The summed E-state index contributed by atoms with van der Waals surface area (Å²) in [6, 6.07) is 21.4. The average Bonchev–Trinajstić information content (AvgIpc) is 0.859. The van der Waals surface area contributed by atoms with Crippen LogP contribution >= 0.6 is 11.3 Å². The topological polar surface area (TPSA) is 220 Å². The molecule has 12 rings (SSSR count). The van der Waals surface area contributed by atoms with Crippen LogP contribution in [0.15, 0.2) is 76.9 Å². The van der Waals surface area contributed by atoms with Crippen LogP contribution in [0.2, 0.25) is 0 Å². The first-order valence-electron chi connectivity index (χ1n) is 32.0. The molecule has 2 amide bonds. The maximum atomic E-state index is 17.1. The Morgan fingerprint density at radius 3 is 2.29 bits per heavy atom. The fraction of sp³-hybridized carbons (Fsp3) is 0.536. The number of fused-ring (bicyclic) bond motifs is 3. The van der Waals surface area contributed by atoms with Gasteiger partial charge in [0, 0.05) is 76.8 Å². The number of benzene rings is 3. The minimum Gasteiger partial charge on any atom is -0.468 e. The zero-order valence-corrected chi connectivity index (χ0v) is 55.5. The van der Waals surface area contributed by atoms with E-state index in [2.05, 4.69) is 97.1 Å². The summed E-state index contributed by atoms with van der Waals surface area (Å²) in [5.74, 6) is 3.00. The summed E-state index contributed by atoms with van der Waals surface area (Å²) in [6.45, 7) is 18.7. The van der Waals surface area contributed by atoms with Crippen molar-refractivity contribution in [3.8, 4) is 39.3 Å². The number of aldehydes is 1. The number of nitrogens with zero attached hydrogens (tertiary/aromatic N) is 9. The van der Waals surface area contributed by atoms with Gasteiger partial charge < -0.3 is 58.1 Å². The number of rotatable bonds is 21. The Morgan fingerprint density at radius 1 is 0.868 bits per heavy atom. The lowest BCUT2D eigenvalue weighted by atomic mass is 9.95. The number of hydrogen-bond acceptors (Lipinski definition) is 19. The second-order valence-electron chi connectivity index (χ2n) is 24.2. The first kappa shape index (κ1) is 69.7. The molecule has 0 saturated carbocycles. The highest BCUT2D eigenvalue weighted by Gasteiger charge is 2.50. The highest BCUT2D eigenvalue weighted by atomic mass is 32.1. The number of halogens is 1. The molecule has 22 heteroatoms. The van der Waals surface area contributed by atoms with Gasteiger partial charge in [-0.25, -0.2) is 9.37 Å². The highest BCUT2D eigenvalue weighted by Crippen LogP contribution is 2.44. The number of aliphatic hydroxyl groups excluding tert-OH is 1. The second-order valence-corrected chi connectivity index (χ2v) is 25.1. The Balaban J connectivity index is 0.000000196. The molecule has 7 aromatic rings. The summed E-state index contributed by atoms with van der Waals surface area (Å²) < 4.78 is 51.0. The Labute approximate surface area is 539 Å². The minimum absolute atomic E-state index is 0.0486. The fourth-order valence-corrected chi connectivity index (χ4v) is 13.4. The lowest BCUT2D eigenvalue weighted by molar-refractivity contribution is -0.126. The number of thiazole rings is 1. The molecule has 492 valence electrons. The van der Waals surface area contributed by atoms with Gasteiger partial charge in [-0.05, 0) is 136 Å². The van der Waals surface area contributed by atoms with Crippen molar-refractivity contribution in [1.29, 1.82) is 0 Å². The van der Waals surface area contributed by atoms with Crippen molar-refractivity contribution in [3.05, 3.63) is 101 Å². The van der Waals surface area contributed by atoms with E-state index in [1.807, 2.05) is 42.9 Å². The number of carbonyl (C=O) groups is 3. The standard InChI is InChI=1S/C37H46FN5O4.C13H16N2S.C12H18N2O3.C6H9NO2.CH4O/c1-4-25-11-9-12-26-19-28(47-24-45-3)20-29(31(25)26)33-32(38)34-30(21-39-33)35(42-16-7-5-6-8-17-42)41-36(40-34)46-23-37-14-10-18-43(37)27(13-15-37)22-44-2;1-9(14-3)11-4-6-12(7-5-11)13-10(2)15-8-16-13;1-8(2)9(3)11-4-12(13-17-11)16-10-5-14(6-10)7-15;8-4-6-2-1-3-7(6)5-9;1-2/h9,11-12,19-21,27H,4-8,10,13-18,22-24H2,1-3H3;4-9,14H,1-3H3;4,7-10H,5-6H2,1-3H3;4-6H,1-3H2;2H,1H3/t27-,37+;9-;;6-;/m00.0./s1. The zero-order valence-electron chi connectivity index (χ0n) is 54.7. The largest absolute Gasteiger partial charge is 0.468 e. The number of amides is 2. The van der Waals surface area contributed by atoms with Gasteiger partial charge in [0.1, 0.15) is 47.5 Å². The van der Waals surface area contributed by atoms with Gasteiger partial charge >= 0.3 is 6.01 Å². The normalized spacial score (nSPS) is 19.5. The van der Waals surface area contributed by atoms with Gasteiger partial charge in [-0.15, -0.1) is 11.3 Å². The van der Waals surface area contributed by atoms with Gasteiger partial charge in [0.05, 0.1) is 52.7 Å². The molecule has 9 heterocycles. The van der Waals surface area contributed by atoms with E-state index < -0.39 is 5.82 Å². The molecule has 20 nitrogen and oxygen atoms in total. The quantitative estimate of drug-likeness (QED) is 0.0504. The smallest absolute Gasteiger partial charge is 0.319 e. The molecular formula is C69H93FN10O10S. The van der Waals surface area contributed by atoms with Crippen LogP contribution in [0, 0.1) is 18.7 Å². The predicted octanol–water partition coefficient (Wildman–Crippen LogP) is 11.4. The molecule has 5 atom stereocenters. The van der Waals surface area contributed by atoms with Gasteiger partial charge in [-0.1, -0.05) is 83.0 Å². The number of anilines is 1. The van der Waals surface area contributed by atoms with Crippen LogP contribution in [0.5, 0.6) is 17.6 Å². The third kappa shape index (κ3) is 17.1. The maximum absolute atomic E-state index is 17.1. The van der Waals surface area contributed by atoms with Gasteiger partial charge in [0.2, 0.25) is 12.8 Å². The summed E-state index contributed by atoms with van der Waals surface area (Å²) in [7, 11) is 6.33. The second kappa shape index (κ2) is 33.9. The minimum atomic E-state index is -0.483. The number of ether oxygens (including phenoxy) is 5. The van der Waals surface area contributed by atoms with Crippen LogP contribution in [-0.2, 0) is 30.3 Å². The van der Waals surface area contributed by atoms with E-state index in [0.717, 1.165) is 145 Å². The molecule has 91 heavy (non-hydrogen) atoms. The van der Waals surface area contributed by atoms with Crippen molar-refractivity contribution >= 4 is 57.9 Å². The molecule has 5 aliphatic heterocycles. The maximum Gasteiger partial charge on any atom is 0.319 e. The Kier molecular flexibility index (Phi) is 26.0. The Hall–Kier alpha value is -7.21. The van der Waals surface area contributed by atoms with Gasteiger partial charge in [-0.3, -0.25) is 19.5 Å². The SMILES string of the molecule is CC(C)C(C)c1cc(OC2CN(C=O)C2)no1.CCc1cccc2cc(OCOC)cc(-c3ncc4c(N5CCCCCC5)nc(OC[C@]56CCCN5[C@H](COC)CC6)nc4c3F)c12.CN[C@@H](C)c1ccc(-c2scnc2C)cc1.CO.O=C[C@@H]1CCCN1C=O. The highest BCUT2D eigenvalue weighted by molar-refractivity contribution is 7.13. The first-order valence-corrected chi connectivity index (χ1v) is 32.9. The van der Waals surface area contributed by atoms with Crippen molar-refractivity contribution in [3.63, 3.8) is 0 Å². The van der Waals surface area contributed by atoms with Gasteiger partial charge in [0.25, 0.3) is 5.88 Å². The van der Waals surface area contributed by atoms with Crippen LogP contribution in [0.3, 0.4) is 0 Å². The van der Waals surface area contributed by atoms with Crippen LogP contribution in [-0.4, -0.2) is 175 Å². The molecule has 2 N–H and O–H groups in total. The number of carbonyl (C=O) groups excluding carboxylic acids is 3. The van der Waals surface area contributed by atoms with Crippen molar-refractivity contribution in [2.75, 3.05) is 92.6 Å². The summed E-state index contributed by atoms with van der Waals surface area (Å²) in [5, 5.41) is 16.6.